The van der Waals surface area contributed by atoms with Crippen molar-refractivity contribution in [3.05, 3.63) is 18.2 Å². The van der Waals surface area contributed by atoms with Crippen molar-refractivity contribution in [1.82, 2.24) is 9.97 Å². The van der Waals surface area contributed by atoms with E-state index >= 15 is 0 Å². The highest BCUT2D eigenvalue weighted by Crippen LogP contribution is 2.18. The van der Waals surface area contributed by atoms with Gasteiger partial charge < -0.3 is 4.90 Å². The van der Waals surface area contributed by atoms with Crippen molar-refractivity contribution in [3.63, 3.8) is 0 Å². The summed E-state index contributed by atoms with van der Waals surface area (Å²) in [4.78, 5) is 11.2. The van der Waals surface area contributed by atoms with Crippen LogP contribution in [0.5, 0.6) is 0 Å². The summed E-state index contributed by atoms with van der Waals surface area (Å²) in [5.41, 5.74) is 1.18. The molecule has 2 heterocycles. The van der Waals surface area contributed by atoms with Crippen LogP contribution in [0.2, 0.25) is 0 Å². The standard InChI is InChI=1S/C12H19N3/c1-10(2)12-13-8-11(9-14-12)15-6-4-3-5-7-15/h8-10H,3-7H2,1-2H3. The minimum atomic E-state index is 0.417. The fraction of sp³-hybridized carbons (Fsp3) is 0.667. The van der Waals surface area contributed by atoms with Gasteiger partial charge in [-0.1, -0.05) is 13.8 Å². The van der Waals surface area contributed by atoms with Crippen LogP contribution in [0, 0.1) is 0 Å². The Hall–Kier alpha value is -1.12. The lowest BCUT2D eigenvalue weighted by molar-refractivity contribution is 0.576. The zero-order chi connectivity index (χ0) is 10.7. The Labute approximate surface area is 91.5 Å². The van der Waals surface area contributed by atoms with E-state index in [0.717, 1.165) is 18.9 Å². The molecule has 1 aliphatic heterocycles. The SMILES string of the molecule is CC(C)c1ncc(N2CCCCC2)cn1. The van der Waals surface area contributed by atoms with Gasteiger partial charge in [0, 0.05) is 19.0 Å². The van der Waals surface area contributed by atoms with Crippen molar-refractivity contribution < 1.29 is 0 Å². The molecule has 15 heavy (non-hydrogen) atoms. The second kappa shape index (κ2) is 4.60. The summed E-state index contributed by atoms with van der Waals surface area (Å²) >= 11 is 0. The van der Waals surface area contributed by atoms with Crippen LogP contribution >= 0.6 is 0 Å². The Morgan fingerprint density at radius 2 is 1.67 bits per heavy atom. The number of rotatable bonds is 2. The van der Waals surface area contributed by atoms with E-state index in [1.54, 1.807) is 0 Å². The highest BCUT2D eigenvalue weighted by molar-refractivity contribution is 5.42. The van der Waals surface area contributed by atoms with Crippen LogP contribution in [-0.4, -0.2) is 23.1 Å². The van der Waals surface area contributed by atoms with E-state index < -0.39 is 0 Å². The van der Waals surface area contributed by atoms with Crippen molar-refractivity contribution in [3.8, 4) is 0 Å². The Balaban J connectivity index is 2.08. The van der Waals surface area contributed by atoms with Gasteiger partial charge in [-0.05, 0) is 19.3 Å². The Morgan fingerprint density at radius 1 is 1.07 bits per heavy atom. The maximum absolute atomic E-state index is 4.40. The number of piperidine rings is 1. The fourth-order valence-electron chi connectivity index (χ4n) is 1.94. The van der Waals surface area contributed by atoms with Crippen molar-refractivity contribution in [2.45, 2.75) is 39.0 Å². The van der Waals surface area contributed by atoms with Gasteiger partial charge >= 0.3 is 0 Å². The normalized spacial score (nSPS) is 17.1. The summed E-state index contributed by atoms with van der Waals surface area (Å²) in [5.74, 6) is 1.36. The minimum absolute atomic E-state index is 0.417. The molecule has 1 aromatic rings. The minimum Gasteiger partial charge on any atom is -0.369 e. The molecule has 0 atom stereocenters. The van der Waals surface area contributed by atoms with E-state index in [2.05, 4.69) is 28.7 Å². The van der Waals surface area contributed by atoms with Gasteiger partial charge in [0.05, 0.1) is 18.1 Å². The Kier molecular flexibility index (Phi) is 3.19. The molecular formula is C12H19N3. The Bertz CT molecular complexity index is 299. The summed E-state index contributed by atoms with van der Waals surface area (Å²) in [6.07, 6.45) is 7.89. The van der Waals surface area contributed by atoms with Crippen LogP contribution in [-0.2, 0) is 0 Å². The van der Waals surface area contributed by atoms with E-state index in [-0.39, 0.29) is 0 Å². The zero-order valence-electron chi connectivity index (χ0n) is 9.61. The molecule has 3 nitrogen and oxygen atoms in total. The smallest absolute Gasteiger partial charge is 0.130 e. The molecule has 0 N–H and O–H groups in total. The first-order valence-corrected chi connectivity index (χ1v) is 5.84. The third kappa shape index (κ3) is 2.46. The van der Waals surface area contributed by atoms with Crippen molar-refractivity contribution in [1.29, 1.82) is 0 Å². The van der Waals surface area contributed by atoms with Crippen LogP contribution in [0.3, 0.4) is 0 Å². The predicted octanol–water partition coefficient (Wildman–Crippen LogP) is 2.59. The molecule has 1 aromatic heterocycles. The molecule has 0 saturated carbocycles. The van der Waals surface area contributed by atoms with Crippen LogP contribution in [0.1, 0.15) is 44.9 Å². The number of hydrogen-bond donors (Lipinski definition) is 0. The van der Waals surface area contributed by atoms with Gasteiger partial charge in [0.2, 0.25) is 0 Å². The van der Waals surface area contributed by atoms with Gasteiger partial charge in [-0.15, -0.1) is 0 Å². The maximum Gasteiger partial charge on any atom is 0.130 e. The fourth-order valence-corrected chi connectivity index (χ4v) is 1.94. The van der Waals surface area contributed by atoms with Gasteiger partial charge in [0.1, 0.15) is 5.82 Å². The van der Waals surface area contributed by atoms with Gasteiger partial charge in [0.25, 0.3) is 0 Å². The third-order valence-electron chi connectivity index (χ3n) is 2.90. The van der Waals surface area contributed by atoms with Gasteiger partial charge in [-0.2, -0.15) is 0 Å². The molecule has 1 fully saturated rings. The largest absolute Gasteiger partial charge is 0.369 e. The first kappa shape index (κ1) is 10.4. The van der Waals surface area contributed by atoms with E-state index in [0.29, 0.717) is 5.92 Å². The lowest BCUT2D eigenvalue weighted by atomic mass is 10.1. The van der Waals surface area contributed by atoms with Crippen LogP contribution < -0.4 is 4.90 Å². The van der Waals surface area contributed by atoms with E-state index in [1.165, 1.54) is 24.9 Å². The molecule has 1 saturated heterocycles. The monoisotopic (exact) mass is 205 g/mol. The van der Waals surface area contributed by atoms with Gasteiger partial charge in [0.15, 0.2) is 0 Å². The number of aromatic nitrogens is 2. The molecule has 3 heteroatoms. The molecule has 0 spiro atoms. The third-order valence-corrected chi connectivity index (χ3v) is 2.90. The van der Waals surface area contributed by atoms with Gasteiger partial charge in [-0.25, -0.2) is 9.97 Å². The molecule has 0 radical (unpaired) electrons. The molecular weight excluding hydrogens is 186 g/mol. The molecule has 0 unspecified atom stereocenters. The predicted molar refractivity (Wildman–Crippen MR) is 62.2 cm³/mol. The van der Waals surface area contributed by atoms with Crippen molar-refractivity contribution >= 4 is 5.69 Å². The first-order chi connectivity index (χ1) is 7.27. The van der Waals surface area contributed by atoms with Crippen molar-refractivity contribution in [2.24, 2.45) is 0 Å². The molecule has 0 bridgehead atoms. The molecule has 0 amide bonds. The summed E-state index contributed by atoms with van der Waals surface area (Å²) in [5, 5.41) is 0. The molecule has 82 valence electrons. The highest BCUT2D eigenvalue weighted by Gasteiger charge is 2.11. The number of anilines is 1. The molecule has 2 rings (SSSR count). The van der Waals surface area contributed by atoms with Crippen LogP contribution in [0.25, 0.3) is 0 Å². The topological polar surface area (TPSA) is 29.0 Å². The highest BCUT2D eigenvalue weighted by atomic mass is 15.1. The second-order valence-electron chi connectivity index (χ2n) is 4.50. The van der Waals surface area contributed by atoms with Crippen LogP contribution in [0.4, 0.5) is 5.69 Å². The summed E-state index contributed by atoms with van der Waals surface area (Å²) < 4.78 is 0. The van der Waals surface area contributed by atoms with Gasteiger partial charge in [-0.3, -0.25) is 0 Å². The van der Waals surface area contributed by atoms with Crippen molar-refractivity contribution in [2.75, 3.05) is 18.0 Å². The number of hydrogen-bond acceptors (Lipinski definition) is 3. The molecule has 1 aliphatic rings. The average molecular weight is 205 g/mol. The summed E-state index contributed by atoms with van der Waals surface area (Å²) in [6, 6.07) is 0. The Morgan fingerprint density at radius 3 is 2.20 bits per heavy atom. The maximum atomic E-state index is 4.40. The lowest BCUT2D eigenvalue weighted by Gasteiger charge is -2.28. The lowest BCUT2D eigenvalue weighted by Crippen LogP contribution is -2.29. The molecule has 0 aromatic carbocycles. The summed E-state index contributed by atoms with van der Waals surface area (Å²) in [7, 11) is 0. The first-order valence-electron chi connectivity index (χ1n) is 5.84. The summed E-state index contributed by atoms with van der Waals surface area (Å²) in [6.45, 7) is 6.56. The zero-order valence-corrected chi connectivity index (χ0v) is 9.61. The molecule has 0 aliphatic carbocycles. The number of nitrogens with zero attached hydrogens (tertiary/aromatic N) is 3. The van der Waals surface area contributed by atoms with E-state index in [4.69, 9.17) is 0 Å². The van der Waals surface area contributed by atoms with Crippen LogP contribution in [0.15, 0.2) is 12.4 Å². The average Bonchev–Trinajstić information content (AvgIpc) is 2.30. The van der Waals surface area contributed by atoms with E-state index in [1.807, 2.05) is 12.4 Å². The second-order valence-corrected chi connectivity index (χ2v) is 4.50. The quantitative estimate of drug-likeness (QED) is 0.743. The van der Waals surface area contributed by atoms with E-state index in [9.17, 15) is 0 Å².